The van der Waals surface area contributed by atoms with E-state index in [1.54, 1.807) is 17.4 Å². The predicted octanol–water partition coefficient (Wildman–Crippen LogP) is 3.36. The number of nitrogens with zero attached hydrogens (tertiary/aromatic N) is 3. The first kappa shape index (κ1) is 11.9. The minimum absolute atomic E-state index is 0.135. The van der Waals surface area contributed by atoms with Gasteiger partial charge in [-0.3, -0.25) is 10.1 Å². The number of para-hydroxylation sites is 1. The lowest BCUT2D eigenvalue weighted by Crippen LogP contribution is -2.00. The number of thiazole rings is 1. The highest BCUT2D eigenvalue weighted by molar-refractivity contribution is 7.09. The molecule has 0 spiro atoms. The third kappa shape index (κ3) is 2.10. The van der Waals surface area contributed by atoms with E-state index in [0.29, 0.717) is 12.1 Å². The molecule has 2 aromatic heterocycles. The van der Waals surface area contributed by atoms with E-state index in [1.807, 2.05) is 35.2 Å². The van der Waals surface area contributed by atoms with Gasteiger partial charge in [-0.15, -0.1) is 11.3 Å². The molecule has 96 valence electrons. The largest absolute Gasteiger partial charge is 0.335 e. The van der Waals surface area contributed by atoms with Crippen molar-refractivity contribution in [3.05, 3.63) is 56.7 Å². The Bertz CT molecular complexity index is 760. The Morgan fingerprint density at radius 1 is 1.42 bits per heavy atom. The average Bonchev–Trinajstić information content (AvgIpc) is 2.97. The van der Waals surface area contributed by atoms with Crippen molar-refractivity contribution >= 4 is 27.9 Å². The van der Waals surface area contributed by atoms with Gasteiger partial charge in [0.1, 0.15) is 10.5 Å². The SMILES string of the molecule is Cc1csc(Cn2ccc3cccc([N+](=O)[O-])c32)n1. The molecule has 0 fully saturated rings. The first-order valence-corrected chi connectivity index (χ1v) is 6.66. The van der Waals surface area contributed by atoms with Gasteiger partial charge in [0.05, 0.1) is 11.5 Å². The molecule has 0 saturated carbocycles. The summed E-state index contributed by atoms with van der Waals surface area (Å²) in [6.07, 6.45) is 1.87. The zero-order valence-electron chi connectivity index (χ0n) is 10.2. The van der Waals surface area contributed by atoms with E-state index in [4.69, 9.17) is 0 Å². The van der Waals surface area contributed by atoms with E-state index in [2.05, 4.69) is 4.98 Å². The fraction of sp³-hybridized carbons (Fsp3) is 0.154. The number of rotatable bonds is 3. The van der Waals surface area contributed by atoms with Gasteiger partial charge < -0.3 is 4.57 Å². The van der Waals surface area contributed by atoms with Crippen LogP contribution in [0.5, 0.6) is 0 Å². The van der Waals surface area contributed by atoms with Crippen LogP contribution in [0, 0.1) is 17.0 Å². The molecule has 19 heavy (non-hydrogen) atoms. The van der Waals surface area contributed by atoms with Crippen molar-refractivity contribution in [3.63, 3.8) is 0 Å². The highest BCUT2D eigenvalue weighted by atomic mass is 32.1. The maximum atomic E-state index is 11.1. The van der Waals surface area contributed by atoms with Crippen molar-refractivity contribution < 1.29 is 4.92 Å². The Labute approximate surface area is 113 Å². The van der Waals surface area contributed by atoms with Crippen molar-refractivity contribution in [3.8, 4) is 0 Å². The molecular weight excluding hydrogens is 262 g/mol. The van der Waals surface area contributed by atoms with Crippen LogP contribution in [0.25, 0.3) is 10.9 Å². The predicted molar refractivity (Wildman–Crippen MR) is 74.5 cm³/mol. The minimum Gasteiger partial charge on any atom is -0.335 e. The second-order valence-corrected chi connectivity index (χ2v) is 5.24. The zero-order chi connectivity index (χ0) is 13.4. The molecule has 2 heterocycles. The van der Waals surface area contributed by atoms with Gasteiger partial charge >= 0.3 is 0 Å². The topological polar surface area (TPSA) is 61.0 Å². The molecule has 1 aromatic carbocycles. The van der Waals surface area contributed by atoms with Crippen LogP contribution in [0.4, 0.5) is 5.69 Å². The summed E-state index contributed by atoms with van der Waals surface area (Å²) in [5, 5.41) is 14.9. The summed E-state index contributed by atoms with van der Waals surface area (Å²) in [5.41, 5.74) is 1.77. The van der Waals surface area contributed by atoms with E-state index in [9.17, 15) is 10.1 Å². The van der Waals surface area contributed by atoms with Crippen molar-refractivity contribution in [1.82, 2.24) is 9.55 Å². The Kier molecular flexibility index (Phi) is 2.79. The van der Waals surface area contributed by atoms with Crippen LogP contribution in [0.15, 0.2) is 35.8 Å². The first-order chi connectivity index (χ1) is 9.15. The molecule has 0 N–H and O–H groups in total. The standard InChI is InChI=1S/C13H11N3O2S/c1-9-8-19-12(14-9)7-15-6-5-10-3-2-4-11(13(10)15)16(17)18/h2-6,8H,7H2,1H3. The Hall–Kier alpha value is -2.21. The molecular formula is C13H11N3O2S. The summed E-state index contributed by atoms with van der Waals surface area (Å²) < 4.78 is 1.88. The number of non-ortho nitro benzene ring substituents is 1. The second-order valence-electron chi connectivity index (χ2n) is 4.30. The zero-order valence-corrected chi connectivity index (χ0v) is 11.1. The Balaban J connectivity index is 2.11. The highest BCUT2D eigenvalue weighted by Crippen LogP contribution is 2.27. The van der Waals surface area contributed by atoms with Gasteiger partial charge in [-0.05, 0) is 13.0 Å². The van der Waals surface area contributed by atoms with Gasteiger partial charge in [0.25, 0.3) is 5.69 Å². The van der Waals surface area contributed by atoms with Crippen molar-refractivity contribution in [2.24, 2.45) is 0 Å². The van der Waals surface area contributed by atoms with Crippen molar-refractivity contribution in [1.29, 1.82) is 0 Å². The maximum Gasteiger partial charge on any atom is 0.293 e. The molecule has 0 saturated heterocycles. The fourth-order valence-corrected chi connectivity index (χ4v) is 2.91. The molecule has 0 radical (unpaired) electrons. The second kappa shape index (κ2) is 4.47. The number of aromatic nitrogens is 2. The van der Waals surface area contributed by atoms with Gasteiger partial charge in [0.2, 0.25) is 0 Å². The lowest BCUT2D eigenvalue weighted by molar-refractivity contribution is -0.383. The molecule has 5 nitrogen and oxygen atoms in total. The number of nitro groups is 1. The summed E-state index contributed by atoms with van der Waals surface area (Å²) in [6.45, 7) is 2.50. The number of aryl methyl sites for hydroxylation is 1. The third-order valence-electron chi connectivity index (χ3n) is 2.94. The minimum atomic E-state index is -0.341. The molecule has 0 aliphatic carbocycles. The molecule has 0 unspecified atom stereocenters. The van der Waals surface area contributed by atoms with E-state index in [-0.39, 0.29) is 10.6 Å². The summed E-state index contributed by atoms with van der Waals surface area (Å²) in [7, 11) is 0. The smallest absolute Gasteiger partial charge is 0.293 e. The van der Waals surface area contributed by atoms with Crippen molar-refractivity contribution in [2.45, 2.75) is 13.5 Å². The van der Waals surface area contributed by atoms with E-state index < -0.39 is 0 Å². The summed E-state index contributed by atoms with van der Waals surface area (Å²) in [6, 6.07) is 7.01. The van der Waals surface area contributed by atoms with Gasteiger partial charge in [0.15, 0.2) is 0 Å². The van der Waals surface area contributed by atoms with Crippen LogP contribution in [-0.4, -0.2) is 14.5 Å². The third-order valence-corrected chi connectivity index (χ3v) is 3.89. The Morgan fingerprint density at radius 3 is 2.95 bits per heavy atom. The molecule has 0 bridgehead atoms. The van der Waals surface area contributed by atoms with Crippen LogP contribution in [0.2, 0.25) is 0 Å². The normalized spacial score (nSPS) is 11.0. The molecule has 3 rings (SSSR count). The van der Waals surface area contributed by atoms with Gasteiger partial charge in [-0.1, -0.05) is 12.1 Å². The van der Waals surface area contributed by atoms with Gasteiger partial charge in [-0.2, -0.15) is 0 Å². The molecule has 0 atom stereocenters. The van der Waals surface area contributed by atoms with Gasteiger partial charge in [0, 0.05) is 28.7 Å². The molecule has 0 aliphatic rings. The monoisotopic (exact) mass is 273 g/mol. The molecule has 0 aliphatic heterocycles. The fourth-order valence-electron chi connectivity index (χ4n) is 2.14. The molecule has 0 amide bonds. The highest BCUT2D eigenvalue weighted by Gasteiger charge is 2.15. The van der Waals surface area contributed by atoms with E-state index >= 15 is 0 Å². The first-order valence-electron chi connectivity index (χ1n) is 5.78. The summed E-state index contributed by atoms with van der Waals surface area (Å²) >= 11 is 1.57. The van der Waals surface area contributed by atoms with Crippen LogP contribution in [-0.2, 0) is 6.54 Å². The van der Waals surface area contributed by atoms with E-state index in [0.717, 1.165) is 16.1 Å². The quantitative estimate of drug-likeness (QED) is 0.543. The molecule has 3 aromatic rings. The molecule has 6 heteroatoms. The number of hydrogen-bond acceptors (Lipinski definition) is 4. The van der Waals surface area contributed by atoms with Crippen molar-refractivity contribution in [2.75, 3.05) is 0 Å². The van der Waals surface area contributed by atoms with Crippen LogP contribution >= 0.6 is 11.3 Å². The number of hydrogen-bond donors (Lipinski definition) is 0. The maximum absolute atomic E-state index is 11.1. The van der Waals surface area contributed by atoms with Crippen LogP contribution < -0.4 is 0 Å². The summed E-state index contributed by atoms with van der Waals surface area (Å²) in [4.78, 5) is 15.2. The lowest BCUT2D eigenvalue weighted by Gasteiger charge is -2.03. The number of fused-ring (bicyclic) bond motifs is 1. The van der Waals surface area contributed by atoms with E-state index in [1.165, 1.54) is 6.07 Å². The van der Waals surface area contributed by atoms with Crippen LogP contribution in [0.1, 0.15) is 10.7 Å². The summed E-state index contributed by atoms with van der Waals surface area (Å²) in [5.74, 6) is 0. The average molecular weight is 273 g/mol. The van der Waals surface area contributed by atoms with Crippen LogP contribution in [0.3, 0.4) is 0 Å². The lowest BCUT2D eigenvalue weighted by atomic mass is 10.2. The number of benzene rings is 1. The number of nitro benzene ring substituents is 1. The Morgan fingerprint density at radius 2 is 2.26 bits per heavy atom. The van der Waals surface area contributed by atoms with Gasteiger partial charge in [-0.25, -0.2) is 4.98 Å².